The van der Waals surface area contributed by atoms with Crippen LogP contribution in [0.2, 0.25) is 0 Å². The van der Waals surface area contributed by atoms with Gasteiger partial charge in [-0.05, 0) is 11.6 Å². The number of anilines is 1. The minimum absolute atomic E-state index is 0.410. The van der Waals surface area contributed by atoms with E-state index in [1.807, 2.05) is 36.4 Å². The van der Waals surface area contributed by atoms with Gasteiger partial charge in [-0.3, -0.25) is 4.98 Å². The molecule has 4 heteroatoms. The first-order chi connectivity index (χ1) is 8.36. The van der Waals surface area contributed by atoms with Crippen LogP contribution >= 0.6 is 0 Å². The molecule has 1 aromatic carbocycles. The molecule has 0 amide bonds. The van der Waals surface area contributed by atoms with Crippen molar-refractivity contribution in [3.8, 4) is 11.1 Å². The third-order valence-corrected chi connectivity index (χ3v) is 2.64. The van der Waals surface area contributed by atoms with Crippen molar-refractivity contribution in [3.05, 3.63) is 48.9 Å². The van der Waals surface area contributed by atoms with E-state index in [-0.39, 0.29) is 0 Å². The summed E-state index contributed by atoms with van der Waals surface area (Å²) in [6, 6.07) is 12.0. The quantitative estimate of drug-likeness (QED) is 0.686. The summed E-state index contributed by atoms with van der Waals surface area (Å²) in [7, 11) is 0. The topological polar surface area (TPSA) is 64.7 Å². The Balaban J connectivity index is 2.35. The van der Waals surface area contributed by atoms with Crippen molar-refractivity contribution in [2.24, 2.45) is 0 Å². The summed E-state index contributed by atoms with van der Waals surface area (Å²) < 4.78 is 0. The van der Waals surface area contributed by atoms with Crippen LogP contribution in [0.25, 0.3) is 22.2 Å². The van der Waals surface area contributed by atoms with Crippen LogP contribution in [-0.2, 0) is 0 Å². The molecule has 3 aromatic rings. The average Bonchev–Trinajstić information content (AvgIpc) is 2.40. The molecule has 0 saturated carbocycles. The van der Waals surface area contributed by atoms with Crippen molar-refractivity contribution >= 4 is 16.9 Å². The summed E-state index contributed by atoms with van der Waals surface area (Å²) in [4.78, 5) is 12.4. The van der Waals surface area contributed by atoms with Crippen molar-refractivity contribution < 1.29 is 0 Å². The first kappa shape index (κ1) is 9.72. The summed E-state index contributed by atoms with van der Waals surface area (Å²) >= 11 is 0. The molecule has 0 radical (unpaired) electrons. The normalized spacial score (nSPS) is 10.6. The number of nitrogens with zero attached hydrogens (tertiary/aromatic N) is 3. The first-order valence-corrected chi connectivity index (χ1v) is 5.27. The van der Waals surface area contributed by atoms with Crippen molar-refractivity contribution in [1.82, 2.24) is 15.0 Å². The highest BCUT2D eigenvalue weighted by Gasteiger charge is 2.07. The zero-order chi connectivity index (χ0) is 11.7. The second-order valence-corrected chi connectivity index (χ2v) is 3.68. The summed E-state index contributed by atoms with van der Waals surface area (Å²) in [5.74, 6) is 0.410. The number of nitrogens with two attached hydrogens (primary N) is 1. The van der Waals surface area contributed by atoms with E-state index in [1.54, 1.807) is 6.20 Å². The van der Waals surface area contributed by atoms with Crippen LogP contribution in [-0.4, -0.2) is 15.0 Å². The molecular weight excluding hydrogens is 212 g/mol. The smallest absolute Gasteiger partial charge is 0.153 e. The SMILES string of the molecule is Nc1ncnc2c(-c3ccccc3)ccnc12. The first-order valence-electron chi connectivity index (χ1n) is 5.27. The minimum atomic E-state index is 0.410. The average molecular weight is 222 g/mol. The summed E-state index contributed by atoms with van der Waals surface area (Å²) in [6.07, 6.45) is 3.19. The van der Waals surface area contributed by atoms with E-state index in [1.165, 1.54) is 6.33 Å². The Morgan fingerprint density at radius 1 is 0.824 bits per heavy atom. The lowest BCUT2D eigenvalue weighted by atomic mass is 10.1. The predicted octanol–water partition coefficient (Wildman–Crippen LogP) is 2.27. The molecule has 2 aromatic heterocycles. The minimum Gasteiger partial charge on any atom is -0.382 e. The lowest BCUT2D eigenvalue weighted by Crippen LogP contribution is -1.96. The van der Waals surface area contributed by atoms with Gasteiger partial charge in [0.05, 0.1) is 0 Å². The Kier molecular flexibility index (Phi) is 2.19. The molecule has 3 rings (SSSR count). The van der Waals surface area contributed by atoms with Crippen molar-refractivity contribution in [2.75, 3.05) is 5.73 Å². The number of hydrogen-bond donors (Lipinski definition) is 1. The van der Waals surface area contributed by atoms with Gasteiger partial charge in [-0.15, -0.1) is 0 Å². The Morgan fingerprint density at radius 2 is 1.65 bits per heavy atom. The highest BCUT2D eigenvalue weighted by atomic mass is 14.9. The van der Waals surface area contributed by atoms with Gasteiger partial charge >= 0.3 is 0 Å². The van der Waals surface area contributed by atoms with E-state index in [4.69, 9.17) is 5.73 Å². The van der Waals surface area contributed by atoms with E-state index in [0.29, 0.717) is 11.3 Å². The number of rotatable bonds is 1. The maximum Gasteiger partial charge on any atom is 0.153 e. The molecule has 0 aliphatic rings. The van der Waals surface area contributed by atoms with Crippen LogP contribution in [0.4, 0.5) is 5.82 Å². The van der Waals surface area contributed by atoms with Gasteiger partial charge in [0.2, 0.25) is 0 Å². The highest BCUT2D eigenvalue weighted by molar-refractivity contribution is 5.95. The van der Waals surface area contributed by atoms with Crippen LogP contribution in [0.1, 0.15) is 0 Å². The molecule has 2 heterocycles. The van der Waals surface area contributed by atoms with Crippen LogP contribution in [0.5, 0.6) is 0 Å². The second kappa shape index (κ2) is 3.83. The zero-order valence-corrected chi connectivity index (χ0v) is 9.04. The number of hydrogen-bond acceptors (Lipinski definition) is 4. The zero-order valence-electron chi connectivity index (χ0n) is 9.04. The monoisotopic (exact) mass is 222 g/mol. The van der Waals surface area contributed by atoms with Crippen LogP contribution in [0, 0.1) is 0 Å². The fourth-order valence-corrected chi connectivity index (χ4v) is 1.83. The van der Waals surface area contributed by atoms with E-state index < -0.39 is 0 Å². The number of aromatic nitrogens is 3. The molecule has 0 fully saturated rings. The van der Waals surface area contributed by atoms with E-state index in [2.05, 4.69) is 15.0 Å². The molecule has 0 aliphatic heterocycles. The predicted molar refractivity (Wildman–Crippen MR) is 67.2 cm³/mol. The Labute approximate surface area is 98.2 Å². The molecule has 17 heavy (non-hydrogen) atoms. The lowest BCUT2D eigenvalue weighted by Gasteiger charge is -2.05. The third kappa shape index (κ3) is 1.59. The number of fused-ring (bicyclic) bond motifs is 1. The van der Waals surface area contributed by atoms with Crippen molar-refractivity contribution in [1.29, 1.82) is 0 Å². The second-order valence-electron chi connectivity index (χ2n) is 3.68. The maximum absolute atomic E-state index is 5.79. The molecule has 82 valence electrons. The number of benzene rings is 1. The molecule has 2 N–H and O–H groups in total. The largest absolute Gasteiger partial charge is 0.382 e. The van der Waals surface area contributed by atoms with Gasteiger partial charge < -0.3 is 5.73 Å². The number of nitrogen functional groups attached to an aromatic ring is 1. The molecule has 0 aliphatic carbocycles. The van der Waals surface area contributed by atoms with Crippen molar-refractivity contribution in [3.63, 3.8) is 0 Å². The van der Waals surface area contributed by atoms with Gasteiger partial charge in [0.1, 0.15) is 17.4 Å². The van der Waals surface area contributed by atoms with Crippen molar-refractivity contribution in [2.45, 2.75) is 0 Å². The Hall–Kier alpha value is -2.49. The van der Waals surface area contributed by atoms with Gasteiger partial charge in [0.25, 0.3) is 0 Å². The Morgan fingerprint density at radius 3 is 2.47 bits per heavy atom. The Bertz CT molecular complexity index is 665. The van der Waals surface area contributed by atoms with Crippen LogP contribution in [0.3, 0.4) is 0 Å². The third-order valence-electron chi connectivity index (χ3n) is 2.64. The van der Waals surface area contributed by atoms with Gasteiger partial charge in [0, 0.05) is 11.8 Å². The molecule has 0 saturated heterocycles. The van der Waals surface area contributed by atoms with Crippen LogP contribution < -0.4 is 5.73 Å². The summed E-state index contributed by atoms with van der Waals surface area (Å²) in [6.45, 7) is 0. The molecular formula is C13H10N4. The lowest BCUT2D eigenvalue weighted by molar-refractivity contribution is 1.21. The molecule has 0 spiro atoms. The fraction of sp³-hybridized carbons (Fsp3) is 0. The molecule has 0 bridgehead atoms. The molecule has 0 unspecified atom stereocenters. The van der Waals surface area contributed by atoms with E-state index in [0.717, 1.165) is 16.6 Å². The summed E-state index contributed by atoms with van der Waals surface area (Å²) in [5, 5.41) is 0. The van der Waals surface area contributed by atoms with Crippen LogP contribution in [0.15, 0.2) is 48.9 Å². The van der Waals surface area contributed by atoms with E-state index in [9.17, 15) is 0 Å². The fourth-order valence-electron chi connectivity index (χ4n) is 1.83. The van der Waals surface area contributed by atoms with E-state index >= 15 is 0 Å². The maximum atomic E-state index is 5.79. The van der Waals surface area contributed by atoms with Gasteiger partial charge in [-0.2, -0.15) is 0 Å². The van der Waals surface area contributed by atoms with Gasteiger partial charge in [0.15, 0.2) is 5.82 Å². The summed E-state index contributed by atoms with van der Waals surface area (Å²) in [5.41, 5.74) is 9.33. The molecule has 4 nitrogen and oxygen atoms in total. The van der Waals surface area contributed by atoms with Gasteiger partial charge in [-0.1, -0.05) is 30.3 Å². The van der Waals surface area contributed by atoms with Gasteiger partial charge in [-0.25, -0.2) is 9.97 Å². The molecule has 0 atom stereocenters. The highest BCUT2D eigenvalue weighted by Crippen LogP contribution is 2.26. The standard InChI is InChI=1S/C13H10N4/c14-13-12-11(16-8-17-13)10(6-7-15-12)9-4-2-1-3-5-9/h1-8H,(H2,14,16,17). The number of pyridine rings is 1.